The summed E-state index contributed by atoms with van der Waals surface area (Å²) in [6.45, 7) is -1.65. The van der Waals surface area contributed by atoms with Crippen molar-refractivity contribution >= 4 is 41.7 Å². The van der Waals surface area contributed by atoms with E-state index in [9.17, 15) is 33.6 Å². The average Bonchev–Trinajstić information content (AvgIpc) is 3.26. The van der Waals surface area contributed by atoms with Crippen LogP contribution in [0.3, 0.4) is 0 Å². The summed E-state index contributed by atoms with van der Waals surface area (Å²) in [6, 6.07) is 12.2. The number of nitrogens with one attached hydrogen (secondary N) is 4. The Morgan fingerprint density at radius 3 is 1.79 bits per heavy atom. The van der Waals surface area contributed by atoms with Gasteiger partial charge in [0, 0.05) is 5.92 Å². The maximum atomic E-state index is 12.7. The first-order valence-electron chi connectivity index (χ1n) is 12.6. The quantitative estimate of drug-likeness (QED) is 0.144. The van der Waals surface area contributed by atoms with Gasteiger partial charge in [-0.15, -0.1) is 0 Å². The molecule has 0 spiro atoms. The molecule has 0 saturated heterocycles. The van der Waals surface area contributed by atoms with Gasteiger partial charge >= 0.3 is 18.0 Å². The van der Waals surface area contributed by atoms with E-state index in [0.29, 0.717) is 0 Å². The molecule has 2 unspecified atom stereocenters. The van der Waals surface area contributed by atoms with Gasteiger partial charge in [0.2, 0.25) is 23.6 Å². The number of ether oxygens (including phenoxy) is 1. The van der Waals surface area contributed by atoms with Crippen molar-refractivity contribution in [3.8, 4) is 11.1 Å². The number of hydrogen-bond acceptors (Lipinski definition) is 8. The first kappa shape index (κ1) is 31.1. The summed E-state index contributed by atoms with van der Waals surface area (Å²) in [5.41, 5.74) is 9.15. The van der Waals surface area contributed by atoms with Crippen molar-refractivity contribution in [2.45, 2.75) is 30.8 Å². The SMILES string of the molecule is NC(=O)CC(NC(=O)OCC1c2ccccc2-c2ccccc21)C(=O)NCC(=O)NC(CC(=O)O)C(=O)NCC(=O)O. The molecule has 0 saturated carbocycles. The number of carbonyl (C=O) groups excluding carboxylic acids is 5. The Labute approximate surface area is 238 Å². The molecule has 0 radical (unpaired) electrons. The van der Waals surface area contributed by atoms with Crippen LogP contribution in [0.5, 0.6) is 0 Å². The van der Waals surface area contributed by atoms with Gasteiger partial charge < -0.3 is 42.0 Å². The molecular weight excluding hydrogens is 554 g/mol. The van der Waals surface area contributed by atoms with Crippen LogP contribution in [0.1, 0.15) is 29.9 Å². The fourth-order valence-electron chi connectivity index (χ4n) is 4.40. The van der Waals surface area contributed by atoms with Gasteiger partial charge in [-0.25, -0.2) is 4.79 Å². The van der Waals surface area contributed by atoms with Crippen LogP contribution in [0.2, 0.25) is 0 Å². The molecule has 15 nitrogen and oxygen atoms in total. The normalized spacial score (nSPS) is 13.0. The minimum atomic E-state index is -1.63. The maximum Gasteiger partial charge on any atom is 0.407 e. The van der Waals surface area contributed by atoms with Crippen molar-refractivity contribution in [2.75, 3.05) is 19.7 Å². The Morgan fingerprint density at radius 1 is 0.738 bits per heavy atom. The molecule has 0 aliphatic heterocycles. The molecule has 1 aliphatic rings. The van der Waals surface area contributed by atoms with Crippen LogP contribution in [-0.4, -0.2) is 83.7 Å². The van der Waals surface area contributed by atoms with Gasteiger partial charge in [0.1, 0.15) is 25.2 Å². The summed E-state index contributed by atoms with van der Waals surface area (Å²) >= 11 is 0. The van der Waals surface area contributed by atoms with Crippen LogP contribution in [0, 0.1) is 0 Å². The van der Waals surface area contributed by atoms with E-state index in [1.807, 2.05) is 53.8 Å². The number of fused-ring (bicyclic) bond motifs is 3. The number of rotatable bonds is 14. The summed E-state index contributed by atoms with van der Waals surface area (Å²) in [5, 5.41) is 26.1. The van der Waals surface area contributed by atoms with Gasteiger partial charge in [-0.3, -0.25) is 28.8 Å². The summed E-state index contributed by atoms with van der Waals surface area (Å²) < 4.78 is 5.38. The van der Waals surface area contributed by atoms with Crippen LogP contribution in [-0.2, 0) is 33.5 Å². The highest BCUT2D eigenvalue weighted by atomic mass is 16.5. The fraction of sp³-hybridized carbons (Fsp3) is 0.296. The van der Waals surface area contributed by atoms with E-state index in [1.165, 1.54) is 0 Å². The average molecular weight is 584 g/mol. The third kappa shape index (κ3) is 8.51. The molecule has 0 aromatic heterocycles. The summed E-state index contributed by atoms with van der Waals surface area (Å²) in [4.78, 5) is 82.8. The summed E-state index contributed by atoms with van der Waals surface area (Å²) in [7, 11) is 0. The van der Waals surface area contributed by atoms with Gasteiger partial charge in [-0.1, -0.05) is 48.5 Å². The van der Waals surface area contributed by atoms with Crippen molar-refractivity contribution in [2.24, 2.45) is 5.73 Å². The number of carboxylic acids is 2. The third-order valence-electron chi connectivity index (χ3n) is 6.23. The first-order valence-corrected chi connectivity index (χ1v) is 12.6. The molecule has 2 aromatic rings. The molecule has 42 heavy (non-hydrogen) atoms. The van der Waals surface area contributed by atoms with Crippen LogP contribution in [0.25, 0.3) is 11.1 Å². The lowest BCUT2D eigenvalue weighted by Crippen LogP contribution is -2.53. The molecule has 2 atom stereocenters. The lowest BCUT2D eigenvalue weighted by atomic mass is 9.98. The second kappa shape index (κ2) is 14.2. The predicted octanol–water partition coefficient (Wildman–Crippen LogP) is -0.954. The van der Waals surface area contributed by atoms with E-state index in [2.05, 4.69) is 16.0 Å². The Bertz CT molecular complexity index is 1350. The maximum absolute atomic E-state index is 12.7. The number of hydrogen-bond donors (Lipinski definition) is 7. The van der Waals surface area contributed by atoms with E-state index >= 15 is 0 Å². The van der Waals surface area contributed by atoms with E-state index in [-0.39, 0.29) is 12.5 Å². The van der Waals surface area contributed by atoms with E-state index in [4.69, 9.17) is 20.7 Å². The van der Waals surface area contributed by atoms with Gasteiger partial charge in [-0.05, 0) is 22.3 Å². The minimum absolute atomic E-state index is 0.0674. The molecule has 0 bridgehead atoms. The molecule has 0 heterocycles. The number of nitrogens with two attached hydrogens (primary N) is 1. The fourth-order valence-corrected chi connectivity index (χ4v) is 4.40. The largest absolute Gasteiger partial charge is 0.481 e. The van der Waals surface area contributed by atoms with E-state index in [1.54, 1.807) is 0 Å². The van der Waals surface area contributed by atoms with Crippen molar-refractivity contribution < 1.29 is 48.5 Å². The third-order valence-corrected chi connectivity index (χ3v) is 6.23. The molecule has 1 aliphatic carbocycles. The first-order chi connectivity index (χ1) is 20.0. The number of alkyl carbamates (subject to hydrolysis) is 1. The van der Waals surface area contributed by atoms with Crippen LogP contribution >= 0.6 is 0 Å². The van der Waals surface area contributed by atoms with Gasteiger partial charge in [0.25, 0.3) is 0 Å². The minimum Gasteiger partial charge on any atom is -0.481 e. The molecule has 0 fully saturated rings. The molecule has 2 aromatic carbocycles. The van der Waals surface area contributed by atoms with Gasteiger partial charge in [0.05, 0.1) is 19.4 Å². The van der Waals surface area contributed by atoms with Crippen molar-refractivity contribution in [1.29, 1.82) is 0 Å². The van der Waals surface area contributed by atoms with Crippen molar-refractivity contribution in [3.63, 3.8) is 0 Å². The second-order valence-corrected chi connectivity index (χ2v) is 9.24. The highest BCUT2D eigenvalue weighted by Crippen LogP contribution is 2.44. The van der Waals surface area contributed by atoms with Gasteiger partial charge in [0.15, 0.2) is 0 Å². The van der Waals surface area contributed by atoms with E-state index in [0.717, 1.165) is 22.3 Å². The van der Waals surface area contributed by atoms with Gasteiger partial charge in [-0.2, -0.15) is 0 Å². The monoisotopic (exact) mass is 583 g/mol. The second-order valence-electron chi connectivity index (χ2n) is 9.24. The number of carboxylic acid groups (broad SMARTS) is 2. The van der Waals surface area contributed by atoms with Crippen molar-refractivity contribution in [3.05, 3.63) is 59.7 Å². The number of amides is 5. The van der Waals surface area contributed by atoms with Crippen LogP contribution in [0.15, 0.2) is 48.5 Å². The zero-order valence-electron chi connectivity index (χ0n) is 22.1. The smallest absolute Gasteiger partial charge is 0.407 e. The van der Waals surface area contributed by atoms with Crippen molar-refractivity contribution in [1.82, 2.24) is 21.3 Å². The topological polar surface area (TPSA) is 243 Å². The Balaban J connectivity index is 1.57. The number of primary amides is 1. The lowest BCUT2D eigenvalue weighted by molar-refractivity contribution is -0.141. The molecule has 15 heteroatoms. The summed E-state index contributed by atoms with van der Waals surface area (Å²) in [5.74, 6) is -7.09. The molecular formula is C27H29N5O10. The highest BCUT2D eigenvalue weighted by molar-refractivity contribution is 5.95. The number of carbonyl (C=O) groups is 7. The number of benzene rings is 2. The predicted molar refractivity (Wildman–Crippen MR) is 144 cm³/mol. The zero-order valence-corrected chi connectivity index (χ0v) is 22.1. The molecule has 222 valence electrons. The molecule has 8 N–H and O–H groups in total. The molecule has 3 rings (SSSR count). The summed E-state index contributed by atoms with van der Waals surface area (Å²) in [6.07, 6.45) is -2.50. The van der Waals surface area contributed by atoms with E-state index < -0.39 is 79.7 Å². The number of aliphatic carboxylic acids is 2. The lowest BCUT2D eigenvalue weighted by Gasteiger charge is -2.19. The van der Waals surface area contributed by atoms with Crippen LogP contribution < -0.4 is 27.0 Å². The Hall–Kier alpha value is -5.47. The van der Waals surface area contributed by atoms with Crippen LogP contribution in [0.4, 0.5) is 4.79 Å². The molecule has 5 amide bonds. The highest BCUT2D eigenvalue weighted by Gasteiger charge is 2.30. The Morgan fingerprint density at radius 2 is 1.26 bits per heavy atom. The zero-order chi connectivity index (χ0) is 30.8. The standard InChI is InChI=1S/C27H29N5O10/c28-21(33)9-19(25(39)29-11-22(34)31-20(10-23(35)36)26(40)30-12-24(37)38)32-27(41)42-13-18-16-7-3-1-5-14(16)15-6-2-4-8-17(15)18/h1-8,18-20H,9-13H2,(H2,28,33)(H,29,39)(H,30,40)(H,31,34)(H,32,41)(H,35,36)(H,37,38). The Kier molecular flexibility index (Phi) is 10.5.